The molecule has 184 valence electrons. The molecule has 4 aromatic rings. The van der Waals surface area contributed by atoms with Gasteiger partial charge in [0.15, 0.2) is 17.8 Å². The van der Waals surface area contributed by atoms with Crippen LogP contribution in [0.1, 0.15) is 12.5 Å². The molecule has 0 bridgehead atoms. The Morgan fingerprint density at radius 3 is 2.42 bits per heavy atom. The van der Waals surface area contributed by atoms with E-state index in [9.17, 15) is 14.3 Å². The van der Waals surface area contributed by atoms with Gasteiger partial charge < -0.3 is 24.3 Å². The number of hydrogen-bond donors (Lipinski definition) is 2. The molecule has 4 atom stereocenters. The summed E-state index contributed by atoms with van der Waals surface area (Å²) in [5, 5.41) is 9.91. The molecule has 36 heavy (non-hydrogen) atoms. The van der Waals surface area contributed by atoms with Crippen LogP contribution in [-0.2, 0) is 20.7 Å². The van der Waals surface area contributed by atoms with Gasteiger partial charge in [0.25, 0.3) is 0 Å². The Bertz CT molecular complexity index is 1420. The maximum atomic E-state index is 15.0. The van der Waals surface area contributed by atoms with Gasteiger partial charge in [0.1, 0.15) is 29.8 Å². The molecule has 0 spiro atoms. The highest BCUT2D eigenvalue weighted by atomic mass is 19.1. The van der Waals surface area contributed by atoms with Gasteiger partial charge in [0.05, 0.1) is 24.2 Å². The van der Waals surface area contributed by atoms with Crippen LogP contribution >= 0.6 is 0 Å². The van der Waals surface area contributed by atoms with E-state index in [4.69, 9.17) is 14.2 Å². The lowest BCUT2D eigenvalue weighted by Crippen LogP contribution is -2.34. The Balaban J connectivity index is 1.21. The van der Waals surface area contributed by atoms with E-state index in [1.807, 2.05) is 48.5 Å². The molecule has 2 fully saturated rings. The molecular weight excluding hydrogens is 463 g/mol. The van der Waals surface area contributed by atoms with E-state index in [1.54, 1.807) is 13.0 Å². The number of aromatic amines is 1. The predicted molar refractivity (Wildman–Crippen MR) is 131 cm³/mol. The summed E-state index contributed by atoms with van der Waals surface area (Å²) in [4.78, 5) is 18.9. The Kier molecular flexibility index (Phi) is 5.79. The number of benzene rings is 2. The summed E-state index contributed by atoms with van der Waals surface area (Å²) in [5.74, 6) is 0.129. The molecule has 0 unspecified atom stereocenters. The molecule has 0 aliphatic carbocycles. The second-order valence-electron chi connectivity index (χ2n) is 9.36. The first kappa shape index (κ1) is 22.8. The van der Waals surface area contributed by atoms with Gasteiger partial charge in [-0.1, -0.05) is 48.5 Å². The third kappa shape index (κ3) is 4.28. The van der Waals surface area contributed by atoms with Crippen molar-refractivity contribution in [3.8, 4) is 28.3 Å². The fourth-order valence-electron chi connectivity index (χ4n) is 4.90. The quantitative estimate of drug-likeness (QED) is 0.425. The molecule has 2 aromatic carbocycles. The van der Waals surface area contributed by atoms with E-state index in [-0.39, 0.29) is 36.4 Å². The van der Waals surface area contributed by atoms with Gasteiger partial charge in [-0.05, 0) is 23.6 Å². The number of halogens is 1. The molecule has 2 aliphatic heterocycles. The van der Waals surface area contributed by atoms with Crippen molar-refractivity contribution in [2.24, 2.45) is 0 Å². The third-order valence-corrected chi connectivity index (χ3v) is 6.69. The van der Waals surface area contributed by atoms with Crippen LogP contribution < -0.4 is 4.74 Å². The van der Waals surface area contributed by atoms with E-state index in [2.05, 4.69) is 9.97 Å². The normalized spacial score (nSPS) is 23.2. The molecule has 2 aromatic heterocycles. The number of rotatable bonds is 6. The number of carbonyl (C=O) groups is 1. The first-order valence-electron chi connectivity index (χ1n) is 11.9. The van der Waals surface area contributed by atoms with Crippen molar-refractivity contribution in [3.05, 3.63) is 72.0 Å². The summed E-state index contributed by atoms with van der Waals surface area (Å²) in [5.41, 5.74) is 5.00. The summed E-state index contributed by atoms with van der Waals surface area (Å²) in [6.45, 7) is 2.11. The second-order valence-corrected chi connectivity index (χ2v) is 9.36. The zero-order valence-electron chi connectivity index (χ0n) is 19.6. The van der Waals surface area contributed by atoms with E-state index < -0.39 is 11.9 Å². The molecule has 2 N–H and O–H groups in total. The van der Waals surface area contributed by atoms with E-state index in [1.165, 1.54) is 6.07 Å². The number of ether oxygens (including phenoxy) is 3. The van der Waals surface area contributed by atoms with Crippen molar-refractivity contribution >= 4 is 16.8 Å². The molecule has 6 rings (SSSR count). The van der Waals surface area contributed by atoms with Crippen molar-refractivity contribution in [2.45, 2.75) is 37.8 Å². The van der Waals surface area contributed by atoms with Crippen LogP contribution in [0.2, 0.25) is 0 Å². The van der Waals surface area contributed by atoms with Crippen LogP contribution in [0.4, 0.5) is 4.39 Å². The third-order valence-electron chi connectivity index (χ3n) is 6.69. The van der Waals surface area contributed by atoms with Crippen molar-refractivity contribution in [1.29, 1.82) is 0 Å². The standard InChI is InChI=1S/C28H25FN2O5/c1-15(32)10-16-2-4-17(5-3-16)18-6-8-19(9-7-18)26-20(29)11-21-22(31-26)12-25(30-21)36-24-14-35-27-23(33)13-34-28(24)27/h2-9,11-12,23-24,27-28,30,33H,10,13-14H2,1H3/t23-,24-,27-,28-/m1/s1. The Morgan fingerprint density at radius 2 is 1.69 bits per heavy atom. The lowest BCUT2D eigenvalue weighted by Gasteiger charge is -2.16. The van der Waals surface area contributed by atoms with Crippen LogP contribution in [0.5, 0.6) is 5.88 Å². The number of aromatic nitrogens is 2. The molecule has 4 heterocycles. The Labute approximate surface area is 206 Å². The number of H-pyrrole nitrogens is 1. The number of ketones is 1. The smallest absolute Gasteiger partial charge is 0.193 e. The van der Waals surface area contributed by atoms with Gasteiger partial charge in [0.2, 0.25) is 0 Å². The summed E-state index contributed by atoms with van der Waals surface area (Å²) in [6.07, 6.45) is -1.32. The van der Waals surface area contributed by atoms with Gasteiger partial charge in [-0.15, -0.1) is 0 Å². The molecule has 7 nitrogen and oxygen atoms in total. The average Bonchev–Trinajstić information content (AvgIpc) is 3.55. The van der Waals surface area contributed by atoms with Gasteiger partial charge in [-0.25, -0.2) is 9.37 Å². The van der Waals surface area contributed by atoms with Crippen LogP contribution in [0.15, 0.2) is 60.7 Å². The molecule has 0 radical (unpaired) electrons. The van der Waals surface area contributed by atoms with E-state index in [0.717, 1.165) is 16.7 Å². The minimum Gasteiger partial charge on any atom is -0.470 e. The van der Waals surface area contributed by atoms with Crippen LogP contribution in [0.25, 0.3) is 33.4 Å². The summed E-state index contributed by atoms with van der Waals surface area (Å²) in [7, 11) is 0. The Morgan fingerprint density at radius 1 is 1.03 bits per heavy atom. The van der Waals surface area contributed by atoms with Crippen molar-refractivity contribution in [1.82, 2.24) is 9.97 Å². The van der Waals surface area contributed by atoms with Gasteiger partial charge in [-0.3, -0.25) is 4.79 Å². The SMILES string of the molecule is CC(=O)Cc1ccc(-c2ccc(-c3nc4cc(O[C@@H]5CO[C@H]6[C@@H]5OC[C@H]6O)[nH]c4cc3F)cc2)cc1. The number of aliphatic hydroxyl groups is 1. The molecule has 2 saturated heterocycles. The van der Waals surface area contributed by atoms with Gasteiger partial charge in [-0.2, -0.15) is 0 Å². The first-order chi connectivity index (χ1) is 17.4. The number of hydrogen-bond acceptors (Lipinski definition) is 6. The number of Topliss-reactive ketones (excluding diaryl/α,β-unsaturated/α-hetero) is 1. The molecule has 0 amide bonds. The zero-order valence-corrected chi connectivity index (χ0v) is 19.6. The summed E-state index contributed by atoms with van der Waals surface area (Å²) >= 11 is 0. The topological polar surface area (TPSA) is 93.7 Å². The molecule has 0 saturated carbocycles. The number of fused-ring (bicyclic) bond motifs is 2. The van der Waals surface area contributed by atoms with Crippen molar-refractivity contribution in [3.63, 3.8) is 0 Å². The highest BCUT2D eigenvalue weighted by Gasteiger charge is 2.48. The molecule has 2 aliphatic rings. The summed E-state index contributed by atoms with van der Waals surface area (Å²) in [6, 6.07) is 18.6. The highest BCUT2D eigenvalue weighted by molar-refractivity contribution is 5.81. The second kappa shape index (κ2) is 9.13. The minimum atomic E-state index is -0.651. The number of aliphatic hydroxyl groups excluding tert-OH is 1. The van der Waals surface area contributed by atoms with Crippen molar-refractivity contribution in [2.75, 3.05) is 13.2 Å². The lowest BCUT2D eigenvalue weighted by molar-refractivity contribution is -0.116. The number of nitrogens with zero attached hydrogens (tertiary/aromatic N) is 1. The largest absolute Gasteiger partial charge is 0.470 e. The Hall–Kier alpha value is -3.59. The predicted octanol–water partition coefficient (Wildman–Crippen LogP) is 4.07. The van der Waals surface area contributed by atoms with Crippen LogP contribution in [0, 0.1) is 5.82 Å². The maximum Gasteiger partial charge on any atom is 0.193 e. The van der Waals surface area contributed by atoms with Crippen LogP contribution in [-0.4, -0.2) is 58.5 Å². The summed E-state index contributed by atoms with van der Waals surface area (Å²) < 4.78 is 32.2. The fourth-order valence-corrected chi connectivity index (χ4v) is 4.90. The average molecular weight is 489 g/mol. The van der Waals surface area contributed by atoms with E-state index in [0.29, 0.717) is 35.5 Å². The zero-order chi connectivity index (χ0) is 24.8. The monoisotopic (exact) mass is 488 g/mol. The van der Waals surface area contributed by atoms with E-state index >= 15 is 0 Å². The van der Waals surface area contributed by atoms with Gasteiger partial charge >= 0.3 is 0 Å². The van der Waals surface area contributed by atoms with Gasteiger partial charge in [0, 0.05) is 24.1 Å². The number of pyridine rings is 1. The number of carbonyl (C=O) groups excluding carboxylic acids is 1. The number of nitrogens with one attached hydrogen (secondary N) is 1. The lowest BCUT2D eigenvalue weighted by atomic mass is 10.00. The molecular formula is C28H25FN2O5. The molecule has 8 heteroatoms. The minimum absolute atomic E-state index is 0.128. The van der Waals surface area contributed by atoms with Crippen LogP contribution in [0.3, 0.4) is 0 Å². The first-order valence-corrected chi connectivity index (χ1v) is 11.9. The maximum absolute atomic E-state index is 15.0. The highest BCUT2D eigenvalue weighted by Crippen LogP contribution is 2.32. The van der Waals surface area contributed by atoms with Crippen molar-refractivity contribution < 1.29 is 28.5 Å². The fraction of sp³-hybridized carbons (Fsp3) is 0.286.